The standard InChI is InChI=1S/C26H30N2O4S/c1-6-23(20-12-13-24(32-5)19(4)15-20)27-26(29)21-11-10-18(3)25(16-21)33(30,31)28-22-9-7-8-17(2)14-22/h7-16,23,28H,6H2,1-5H3,(H,27,29)/t23-/m0/s1. The highest BCUT2D eigenvalue weighted by atomic mass is 32.2. The molecule has 0 bridgehead atoms. The molecular formula is C26H30N2O4S. The van der Waals surface area contributed by atoms with Crippen LogP contribution >= 0.6 is 0 Å². The maximum Gasteiger partial charge on any atom is 0.262 e. The lowest BCUT2D eigenvalue weighted by Crippen LogP contribution is -2.28. The van der Waals surface area contributed by atoms with Crippen LogP contribution in [0.2, 0.25) is 0 Å². The number of sulfonamides is 1. The van der Waals surface area contributed by atoms with E-state index in [0.717, 1.165) is 22.4 Å². The number of amides is 1. The summed E-state index contributed by atoms with van der Waals surface area (Å²) in [6.45, 7) is 7.54. The van der Waals surface area contributed by atoms with Crippen LogP contribution in [0.1, 0.15) is 52.0 Å². The lowest BCUT2D eigenvalue weighted by atomic mass is 10.0. The Bertz CT molecular complexity index is 1270. The predicted octanol–water partition coefficient (Wildman–Crippen LogP) is 5.30. The van der Waals surface area contributed by atoms with Crippen molar-refractivity contribution >= 4 is 21.6 Å². The average Bonchev–Trinajstić information content (AvgIpc) is 2.77. The van der Waals surface area contributed by atoms with Gasteiger partial charge in [-0.1, -0.05) is 37.3 Å². The molecule has 33 heavy (non-hydrogen) atoms. The molecule has 174 valence electrons. The highest BCUT2D eigenvalue weighted by Gasteiger charge is 2.21. The topological polar surface area (TPSA) is 84.5 Å². The van der Waals surface area contributed by atoms with Crippen molar-refractivity contribution in [2.75, 3.05) is 11.8 Å². The van der Waals surface area contributed by atoms with E-state index in [1.54, 1.807) is 44.4 Å². The number of hydrogen-bond donors (Lipinski definition) is 2. The summed E-state index contributed by atoms with van der Waals surface area (Å²) in [5.41, 5.74) is 4.21. The van der Waals surface area contributed by atoms with Crippen molar-refractivity contribution < 1.29 is 17.9 Å². The Labute approximate surface area is 196 Å². The summed E-state index contributed by atoms with van der Waals surface area (Å²) in [5.74, 6) is 0.455. The van der Waals surface area contributed by atoms with Gasteiger partial charge in [-0.15, -0.1) is 0 Å². The highest BCUT2D eigenvalue weighted by molar-refractivity contribution is 7.92. The monoisotopic (exact) mass is 466 g/mol. The normalized spacial score (nSPS) is 12.2. The third kappa shape index (κ3) is 5.73. The minimum Gasteiger partial charge on any atom is -0.496 e. The van der Waals surface area contributed by atoms with E-state index in [-0.39, 0.29) is 22.4 Å². The van der Waals surface area contributed by atoms with Gasteiger partial charge in [0.25, 0.3) is 15.9 Å². The molecule has 7 heteroatoms. The Balaban J connectivity index is 1.85. The number of carbonyl (C=O) groups excluding carboxylic acids is 1. The molecular weight excluding hydrogens is 436 g/mol. The Hall–Kier alpha value is -3.32. The first-order valence-electron chi connectivity index (χ1n) is 10.8. The van der Waals surface area contributed by atoms with Crippen LogP contribution in [0.5, 0.6) is 5.75 Å². The van der Waals surface area contributed by atoms with Crippen LogP contribution in [0.3, 0.4) is 0 Å². The van der Waals surface area contributed by atoms with Gasteiger partial charge in [0.2, 0.25) is 0 Å². The summed E-state index contributed by atoms with van der Waals surface area (Å²) in [6, 6.07) is 17.4. The second-order valence-corrected chi connectivity index (χ2v) is 9.77. The molecule has 0 aromatic heterocycles. The van der Waals surface area contributed by atoms with Crippen LogP contribution in [-0.4, -0.2) is 21.4 Å². The molecule has 1 amide bonds. The zero-order valence-electron chi connectivity index (χ0n) is 19.6. The zero-order chi connectivity index (χ0) is 24.2. The minimum absolute atomic E-state index is 0.0741. The SMILES string of the molecule is CC[C@H](NC(=O)c1ccc(C)c(S(=O)(=O)Nc2cccc(C)c2)c1)c1ccc(OC)c(C)c1. The van der Waals surface area contributed by atoms with Crippen molar-refractivity contribution in [3.05, 3.63) is 88.5 Å². The second kappa shape index (κ2) is 10.1. The molecule has 0 saturated carbocycles. The van der Waals surface area contributed by atoms with E-state index in [2.05, 4.69) is 10.0 Å². The van der Waals surface area contributed by atoms with Crippen molar-refractivity contribution in [1.29, 1.82) is 0 Å². The molecule has 0 fully saturated rings. The van der Waals surface area contributed by atoms with Crippen LogP contribution < -0.4 is 14.8 Å². The van der Waals surface area contributed by atoms with Gasteiger partial charge in [-0.05, 0) is 79.8 Å². The average molecular weight is 467 g/mol. The molecule has 0 radical (unpaired) electrons. The molecule has 0 aliphatic rings. The molecule has 0 spiro atoms. The second-order valence-electron chi connectivity index (χ2n) is 8.12. The number of methoxy groups -OCH3 is 1. The summed E-state index contributed by atoms with van der Waals surface area (Å²) in [7, 11) is -2.24. The van der Waals surface area contributed by atoms with Crippen LogP contribution in [0, 0.1) is 20.8 Å². The third-order valence-electron chi connectivity index (χ3n) is 5.54. The van der Waals surface area contributed by atoms with Gasteiger partial charge in [0.05, 0.1) is 18.0 Å². The smallest absolute Gasteiger partial charge is 0.262 e. The van der Waals surface area contributed by atoms with Crippen molar-refractivity contribution in [3.8, 4) is 5.75 Å². The largest absolute Gasteiger partial charge is 0.496 e. The maximum atomic E-state index is 13.1. The van der Waals surface area contributed by atoms with Crippen molar-refractivity contribution in [3.63, 3.8) is 0 Å². The molecule has 0 aliphatic heterocycles. The predicted molar refractivity (Wildman–Crippen MR) is 131 cm³/mol. The van der Waals surface area contributed by atoms with Crippen molar-refractivity contribution in [2.24, 2.45) is 0 Å². The van der Waals surface area contributed by atoms with E-state index >= 15 is 0 Å². The molecule has 0 saturated heterocycles. The van der Waals surface area contributed by atoms with Crippen molar-refractivity contribution in [2.45, 2.75) is 45.1 Å². The van der Waals surface area contributed by atoms with Crippen LogP contribution in [0.25, 0.3) is 0 Å². The van der Waals surface area contributed by atoms with Gasteiger partial charge < -0.3 is 10.1 Å². The summed E-state index contributed by atoms with van der Waals surface area (Å²) in [5, 5.41) is 3.02. The van der Waals surface area contributed by atoms with E-state index in [9.17, 15) is 13.2 Å². The summed E-state index contributed by atoms with van der Waals surface area (Å²) < 4.78 is 34.0. The summed E-state index contributed by atoms with van der Waals surface area (Å²) in [4.78, 5) is 13.1. The number of hydrogen-bond acceptors (Lipinski definition) is 4. The molecule has 3 aromatic carbocycles. The molecule has 0 aliphatic carbocycles. The van der Waals surface area contributed by atoms with Gasteiger partial charge in [0.1, 0.15) is 5.75 Å². The number of benzene rings is 3. The maximum absolute atomic E-state index is 13.1. The number of carbonyl (C=O) groups is 1. The summed E-state index contributed by atoms with van der Waals surface area (Å²) in [6.07, 6.45) is 0.684. The van der Waals surface area contributed by atoms with Gasteiger partial charge in [-0.25, -0.2) is 8.42 Å². The minimum atomic E-state index is -3.86. The Kier molecular flexibility index (Phi) is 7.43. The fraction of sp³-hybridized carbons (Fsp3) is 0.269. The molecule has 6 nitrogen and oxygen atoms in total. The van der Waals surface area contributed by atoms with Gasteiger partial charge in [0.15, 0.2) is 0 Å². The molecule has 0 unspecified atom stereocenters. The lowest BCUT2D eigenvalue weighted by molar-refractivity contribution is 0.0935. The first-order chi connectivity index (χ1) is 15.6. The Morgan fingerprint density at radius 1 is 0.970 bits per heavy atom. The van der Waals surface area contributed by atoms with Crippen LogP contribution in [0.4, 0.5) is 5.69 Å². The van der Waals surface area contributed by atoms with Gasteiger partial charge in [0, 0.05) is 11.3 Å². The van der Waals surface area contributed by atoms with Gasteiger partial charge in [-0.3, -0.25) is 9.52 Å². The third-order valence-corrected chi connectivity index (χ3v) is 7.07. The van der Waals surface area contributed by atoms with Crippen LogP contribution in [-0.2, 0) is 10.0 Å². The van der Waals surface area contributed by atoms with Gasteiger partial charge >= 0.3 is 0 Å². The van der Waals surface area contributed by atoms with E-state index in [4.69, 9.17) is 4.74 Å². The molecule has 2 N–H and O–H groups in total. The highest BCUT2D eigenvalue weighted by Crippen LogP contribution is 2.26. The molecule has 1 atom stereocenters. The van der Waals surface area contributed by atoms with Crippen molar-refractivity contribution in [1.82, 2.24) is 5.32 Å². The number of ether oxygens (including phenoxy) is 1. The van der Waals surface area contributed by atoms with Crippen LogP contribution in [0.15, 0.2) is 65.6 Å². The number of rotatable bonds is 8. The quantitative estimate of drug-likeness (QED) is 0.472. The molecule has 3 rings (SSSR count). The number of aryl methyl sites for hydroxylation is 3. The first-order valence-corrected chi connectivity index (χ1v) is 12.3. The fourth-order valence-electron chi connectivity index (χ4n) is 3.73. The Morgan fingerprint density at radius 3 is 2.36 bits per heavy atom. The summed E-state index contributed by atoms with van der Waals surface area (Å²) >= 11 is 0. The Morgan fingerprint density at radius 2 is 1.73 bits per heavy atom. The lowest BCUT2D eigenvalue weighted by Gasteiger charge is -2.19. The number of nitrogens with one attached hydrogen (secondary N) is 2. The molecule has 3 aromatic rings. The van der Waals surface area contributed by atoms with E-state index < -0.39 is 10.0 Å². The van der Waals surface area contributed by atoms with Gasteiger partial charge in [-0.2, -0.15) is 0 Å². The zero-order valence-corrected chi connectivity index (χ0v) is 20.4. The number of anilines is 1. The molecule has 0 heterocycles. The first kappa shape index (κ1) is 24.3. The fourth-order valence-corrected chi connectivity index (χ4v) is 5.05. The van der Waals surface area contributed by atoms with E-state index in [1.807, 2.05) is 45.0 Å². The van der Waals surface area contributed by atoms with E-state index in [1.165, 1.54) is 6.07 Å². The van der Waals surface area contributed by atoms with E-state index in [0.29, 0.717) is 17.7 Å².